The average molecular weight is 294 g/mol. The van der Waals surface area contributed by atoms with Crippen LogP contribution in [0.4, 0.5) is 0 Å². The van der Waals surface area contributed by atoms with Crippen molar-refractivity contribution in [2.75, 3.05) is 39.8 Å². The van der Waals surface area contributed by atoms with E-state index in [0.717, 1.165) is 45.1 Å². The van der Waals surface area contributed by atoms with Gasteiger partial charge in [0.05, 0.1) is 26.1 Å². The molecule has 2 fully saturated rings. The third kappa shape index (κ3) is 3.76. The largest absolute Gasteiger partial charge is 0.469 e. The van der Waals surface area contributed by atoms with E-state index in [-0.39, 0.29) is 5.97 Å². The molecule has 0 atom stereocenters. The molecule has 8 nitrogen and oxygen atoms in total. The highest BCUT2D eigenvalue weighted by Crippen LogP contribution is 2.34. The van der Waals surface area contributed by atoms with Crippen LogP contribution in [0.15, 0.2) is 0 Å². The molecule has 3 rings (SSSR count). The van der Waals surface area contributed by atoms with Crippen LogP contribution in [0.5, 0.6) is 0 Å². The first-order valence-electron chi connectivity index (χ1n) is 7.54. The van der Waals surface area contributed by atoms with Gasteiger partial charge in [-0.25, -0.2) is 4.68 Å². The molecule has 0 N–H and O–H groups in total. The number of hydrogen-bond donors (Lipinski definition) is 0. The van der Waals surface area contributed by atoms with Gasteiger partial charge < -0.3 is 9.64 Å². The second-order valence-electron chi connectivity index (χ2n) is 5.71. The summed E-state index contributed by atoms with van der Waals surface area (Å²) < 4.78 is 6.65. The molecule has 1 saturated heterocycles. The minimum absolute atomic E-state index is 0.138. The lowest BCUT2D eigenvalue weighted by atomic mass is 10.3. The Kier molecular flexibility index (Phi) is 4.45. The Morgan fingerprint density at radius 1 is 1.24 bits per heavy atom. The van der Waals surface area contributed by atoms with E-state index in [2.05, 4.69) is 30.1 Å². The minimum atomic E-state index is -0.138. The van der Waals surface area contributed by atoms with Gasteiger partial charge in [-0.3, -0.25) is 9.69 Å². The van der Waals surface area contributed by atoms with E-state index < -0.39 is 0 Å². The van der Waals surface area contributed by atoms with Gasteiger partial charge in [-0.15, -0.1) is 5.10 Å². The van der Waals surface area contributed by atoms with Gasteiger partial charge in [-0.1, -0.05) is 0 Å². The maximum absolute atomic E-state index is 11.2. The van der Waals surface area contributed by atoms with Crippen molar-refractivity contribution in [3.05, 3.63) is 5.82 Å². The Balaban J connectivity index is 1.43. The molecule has 21 heavy (non-hydrogen) atoms. The van der Waals surface area contributed by atoms with Crippen molar-refractivity contribution in [1.29, 1.82) is 0 Å². The van der Waals surface area contributed by atoms with E-state index in [1.165, 1.54) is 20.0 Å². The van der Waals surface area contributed by atoms with Gasteiger partial charge in [0.25, 0.3) is 0 Å². The summed E-state index contributed by atoms with van der Waals surface area (Å²) in [6.45, 7) is 5.51. The fourth-order valence-electron chi connectivity index (χ4n) is 2.64. The van der Waals surface area contributed by atoms with Crippen molar-refractivity contribution in [2.45, 2.75) is 31.8 Å². The van der Waals surface area contributed by atoms with Crippen LogP contribution in [0.2, 0.25) is 0 Å². The summed E-state index contributed by atoms with van der Waals surface area (Å²) >= 11 is 0. The van der Waals surface area contributed by atoms with Crippen LogP contribution < -0.4 is 0 Å². The summed E-state index contributed by atoms with van der Waals surface area (Å²) in [5.41, 5.74) is 0. The molecule has 0 aromatic carbocycles. The molecule has 0 unspecified atom stereocenters. The van der Waals surface area contributed by atoms with Gasteiger partial charge in [-0.2, -0.15) is 0 Å². The quantitative estimate of drug-likeness (QED) is 0.666. The van der Waals surface area contributed by atoms with Crippen LogP contribution in [-0.4, -0.2) is 75.8 Å². The molecule has 1 aromatic heterocycles. The van der Waals surface area contributed by atoms with Crippen molar-refractivity contribution in [1.82, 2.24) is 30.0 Å². The minimum Gasteiger partial charge on any atom is -0.469 e. The number of hydrogen-bond acceptors (Lipinski definition) is 7. The first-order valence-corrected chi connectivity index (χ1v) is 7.54. The van der Waals surface area contributed by atoms with Crippen molar-refractivity contribution < 1.29 is 9.53 Å². The summed E-state index contributed by atoms with van der Waals surface area (Å²) in [6, 6.07) is 0.524. The summed E-state index contributed by atoms with van der Waals surface area (Å²) in [5, 5.41) is 12.0. The Morgan fingerprint density at radius 2 is 1.95 bits per heavy atom. The smallest absolute Gasteiger partial charge is 0.306 e. The lowest BCUT2D eigenvalue weighted by Gasteiger charge is -2.34. The van der Waals surface area contributed by atoms with Gasteiger partial charge >= 0.3 is 5.97 Å². The second-order valence-corrected chi connectivity index (χ2v) is 5.71. The highest BCUT2D eigenvalue weighted by molar-refractivity contribution is 5.69. The fourth-order valence-corrected chi connectivity index (χ4v) is 2.64. The van der Waals surface area contributed by atoms with E-state index in [0.29, 0.717) is 12.5 Å². The van der Waals surface area contributed by atoms with Gasteiger partial charge in [-0.05, 0) is 23.3 Å². The average Bonchev–Trinajstić information content (AvgIpc) is 3.26. The molecule has 1 aliphatic carbocycles. The van der Waals surface area contributed by atoms with Gasteiger partial charge in [0.2, 0.25) is 0 Å². The fraction of sp³-hybridized carbons (Fsp3) is 0.846. The summed E-state index contributed by atoms with van der Waals surface area (Å²) in [5.74, 6) is 0.835. The molecule has 1 saturated carbocycles. The van der Waals surface area contributed by atoms with Crippen LogP contribution in [0.25, 0.3) is 0 Å². The summed E-state index contributed by atoms with van der Waals surface area (Å²) in [7, 11) is 1.43. The predicted molar refractivity (Wildman–Crippen MR) is 74.4 cm³/mol. The number of ether oxygens (including phenoxy) is 1. The number of nitrogens with zero attached hydrogens (tertiary/aromatic N) is 6. The normalized spacial score (nSPS) is 20.6. The Morgan fingerprint density at radius 3 is 2.62 bits per heavy atom. The number of methoxy groups -OCH3 is 1. The van der Waals surface area contributed by atoms with Crippen molar-refractivity contribution in [3.63, 3.8) is 0 Å². The monoisotopic (exact) mass is 294 g/mol. The zero-order valence-electron chi connectivity index (χ0n) is 12.4. The summed E-state index contributed by atoms with van der Waals surface area (Å²) in [4.78, 5) is 15.8. The van der Waals surface area contributed by atoms with Crippen LogP contribution in [0.1, 0.15) is 31.1 Å². The molecule has 2 heterocycles. The Bertz CT molecular complexity index is 479. The highest BCUT2D eigenvalue weighted by Gasteiger charge is 2.28. The van der Waals surface area contributed by atoms with Crippen molar-refractivity contribution in [3.8, 4) is 0 Å². The van der Waals surface area contributed by atoms with Gasteiger partial charge in [0.1, 0.15) is 0 Å². The highest BCUT2D eigenvalue weighted by atomic mass is 16.5. The number of carbonyl (C=O) groups excluding carboxylic acids is 1. The molecule has 0 amide bonds. The number of piperazine rings is 1. The molecular formula is C13H22N6O2. The van der Waals surface area contributed by atoms with E-state index in [1.807, 2.05) is 4.68 Å². The van der Waals surface area contributed by atoms with E-state index in [1.54, 1.807) is 0 Å². The van der Waals surface area contributed by atoms with Gasteiger partial charge in [0.15, 0.2) is 5.82 Å². The summed E-state index contributed by atoms with van der Waals surface area (Å²) in [6.07, 6.45) is 2.86. The first-order chi connectivity index (χ1) is 10.3. The van der Waals surface area contributed by atoms with E-state index in [4.69, 9.17) is 0 Å². The lowest BCUT2D eigenvalue weighted by molar-refractivity contribution is -0.141. The number of esters is 1. The Hall–Kier alpha value is -1.54. The van der Waals surface area contributed by atoms with Crippen LogP contribution in [0.3, 0.4) is 0 Å². The molecule has 8 heteroatoms. The standard InChI is InChI=1S/C13H22N6O2/c1-21-13(20)4-5-17-6-8-18(9-7-17)10-12-14-15-16-19(12)11-2-3-11/h11H,2-10H2,1H3. The number of rotatable bonds is 6. The third-order valence-electron chi connectivity index (χ3n) is 4.14. The molecule has 116 valence electrons. The molecule has 0 bridgehead atoms. The SMILES string of the molecule is COC(=O)CCN1CCN(Cc2nnnn2C2CC2)CC1. The third-order valence-corrected chi connectivity index (χ3v) is 4.14. The second kappa shape index (κ2) is 6.48. The molecule has 2 aliphatic rings. The van der Waals surface area contributed by atoms with Crippen LogP contribution >= 0.6 is 0 Å². The topological polar surface area (TPSA) is 76.4 Å². The molecule has 1 aliphatic heterocycles. The van der Waals surface area contributed by atoms with Gasteiger partial charge in [0, 0.05) is 32.7 Å². The van der Waals surface area contributed by atoms with Crippen molar-refractivity contribution >= 4 is 5.97 Å². The van der Waals surface area contributed by atoms with Crippen molar-refractivity contribution in [2.24, 2.45) is 0 Å². The number of tetrazole rings is 1. The molecule has 1 aromatic rings. The zero-order chi connectivity index (χ0) is 14.7. The Labute approximate surface area is 124 Å². The van der Waals surface area contributed by atoms with E-state index in [9.17, 15) is 4.79 Å². The lowest BCUT2D eigenvalue weighted by Crippen LogP contribution is -2.46. The first kappa shape index (κ1) is 14.4. The molecule has 0 radical (unpaired) electrons. The molecular weight excluding hydrogens is 272 g/mol. The van der Waals surface area contributed by atoms with E-state index >= 15 is 0 Å². The predicted octanol–water partition coefficient (Wildman–Crippen LogP) is -0.311. The maximum Gasteiger partial charge on any atom is 0.306 e. The number of carbonyl (C=O) groups is 1. The zero-order valence-corrected chi connectivity index (χ0v) is 12.4. The number of aromatic nitrogens is 4. The molecule has 0 spiro atoms. The van der Waals surface area contributed by atoms with Crippen LogP contribution in [-0.2, 0) is 16.1 Å². The maximum atomic E-state index is 11.2. The van der Waals surface area contributed by atoms with Crippen LogP contribution in [0, 0.1) is 0 Å².